The summed E-state index contributed by atoms with van der Waals surface area (Å²) in [5, 5.41) is 1.06. The normalized spacial score (nSPS) is 10.4. The van der Waals surface area contributed by atoms with Gasteiger partial charge >= 0.3 is 18.9 Å². The van der Waals surface area contributed by atoms with Crippen LogP contribution in [0.25, 0.3) is 0 Å². The third-order valence-corrected chi connectivity index (χ3v) is 4.58. The Labute approximate surface area is 146 Å². The van der Waals surface area contributed by atoms with Crippen LogP contribution in [0.3, 0.4) is 0 Å². The minimum Gasteiger partial charge on any atom is -1.00 e. The second-order valence-electron chi connectivity index (χ2n) is 4.81. The van der Waals surface area contributed by atoms with E-state index in [9.17, 15) is 4.79 Å². The van der Waals surface area contributed by atoms with Gasteiger partial charge in [-0.3, -0.25) is 4.79 Å². The van der Waals surface area contributed by atoms with Crippen LogP contribution in [0.1, 0.15) is 22.9 Å². The first kappa shape index (κ1) is 18.8. The van der Waals surface area contributed by atoms with Gasteiger partial charge in [0.1, 0.15) is 17.1 Å². The second kappa shape index (κ2) is 8.39. The smallest absolute Gasteiger partial charge is 1.00 e. The van der Waals surface area contributed by atoms with E-state index in [0.717, 1.165) is 16.4 Å². The van der Waals surface area contributed by atoms with Gasteiger partial charge < -0.3 is 10.9 Å². The zero-order chi connectivity index (χ0) is 15.4. The number of carbonyl (C=O) groups excluding carboxylic acids is 1. The third-order valence-electron chi connectivity index (χ3n) is 3.30. The van der Waals surface area contributed by atoms with Crippen molar-refractivity contribution in [1.82, 2.24) is 0 Å². The van der Waals surface area contributed by atoms with E-state index in [1.54, 1.807) is 26.4 Å². The molecule has 0 heterocycles. The summed E-state index contributed by atoms with van der Waals surface area (Å²) >= 11 is 0. The van der Waals surface area contributed by atoms with Gasteiger partial charge in [-0.15, -0.1) is 0 Å². The van der Waals surface area contributed by atoms with Crippen LogP contribution < -0.4 is 33.6 Å². The summed E-state index contributed by atoms with van der Waals surface area (Å²) < 4.78 is 10.6. The van der Waals surface area contributed by atoms with Crippen LogP contribution in [0.5, 0.6) is 11.5 Å². The predicted octanol–water partition coefficient (Wildman–Crippen LogP) is 0.581. The fourth-order valence-electron chi connectivity index (χ4n) is 2.13. The van der Waals surface area contributed by atoms with Crippen LogP contribution in [-0.2, 0) is 0 Å². The number of rotatable bonds is 5. The molecular formula is C17H20LiO3P. The molecule has 112 valence electrons. The maximum absolute atomic E-state index is 12.7. The molecule has 22 heavy (non-hydrogen) atoms. The van der Waals surface area contributed by atoms with E-state index in [-0.39, 0.29) is 34.4 Å². The van der Waals surface area contributed by atoms with Crippen LogP contribution in [0, 0.1) is 13.8 Å². The van der Waals surface area contributed by atoms with Crippen molar-refractivity contribution in [3.63, 3.8) is 0 Å². The maximum Gasteiger partial charge on any atom is 1.00 e. The predicted molar refractivity (Wildman–Crippen MR) is 88.9 cm³/mol. The summed E-state index contributed by atoms with van der Waals surface area (Å²) in [5.74, 6) is 1.11. The van der Waals surface area contributed by atoms with Crippen LogP contribution in [0.4, 0.5) is 0 Å². The second-order valence-corrected chi connectivity index (χ2v) is 6.05. The molecular weight excluding hydrogens is 290 g/mol. The first-order valence-corrected chi connectivity index (χ1v) is 7.66. The van der Waals surface area contributed by atoms with Gasteiger partial charge in [-0.25, -0.2) is 0 Å². The van der Waals surface area contributed by atoms with Crippen LogP contribution in [-0.4, -0.2) is 19.7 Å². The van der Waals surface area contributed by atoms with Crippen molar-refractivity contribution in [3.05, 3.63) is 53.1 Å². The molecule has 2 rings (SSSR count). The molecule has 1 atom stereocenters. The Kier molecular flexibility index (Phi) is 7.17. The van der Waals surface area contributed by atoms with Crippen molar-refractivity contribution in [2.75, 3.05) is 14.2 Å². The maximum atomic E-state index is 12.7. The number of aryl methyl sites for hydroxylation is 2. The van der Waals surface area contributed by atoms with E-state index < -0.39 is 0 Å². The van der Waals surface area contributed by atoms with Gasteiger partial charge in [0.05, 0.1) is 14.2 Å². The van der Waals surface area contributed by atoms with Crippen LogP contribution >= 0.6 is 8.58 Å². The molecule has 0 spiro atoms. The Balaban J connectivity index is 0.00000242. The first-order chi connectivity index (χ1) is 10.1. The molecule has 3 nitrogen and oxygen atoms in total. The van der Waals surface area contributed by atoms with Crippen molar-refractivity contribution in [1.29, 1.82) is 0 Å². The molecule has 0 aliphatic heterocycles. The van der Waals surface area contributed by atoms with Gasteiger partial charge in [-0.05, 0) is 45.4 Å². The number of benzene rings is 2. The Morgan fingerprint density at radius 1 is 1.05 bits per heavy atom. The van der Waals surface area contributed by atoms with E-state index in [0.29, 0.717) is 17.1 Å². The summed E-state index contributed by atoms with van der Waals surface area (Å²) in [6, 6.07) is 11.5. The van der Waals surface area contributed by atoms with Gasteiger partial charge in [-0.1, -0.05) is 29.8 Å². The Bertz CT molecular complexity index is 655. The molecule has 0 N–H and O–H groups in total. The summed E-state index contributed by atoms with van der Waals surface area (Å²) in [6.45, 7) is 4.05. The fraction of sp³-hybridized carbons (Fsp3) is 0.235. The van der Waals surface area contributed by atoms with Crippen molar-refractivity contribution in [2.45, 2.75) is 13.8 Å². The molecule has 0 saturated heterocycles. The van der Waals surface area contributed by atoms with Crippen molar-refractivity contribution >= 4 is 19.4 Å². The van der Waals surface area contributed by atoms with Crippen molar-refractivity contribution in [3.8, 4) is 11.5 Å². The Morgan fingerprint density at radius 3 is 2.18 bits per heavy atom. The van der Waals surface area contributed by atoms with Crippen molar-refractivity contribution < 1.29 is 34.6 Å². The van der Waals surface area contributed by atoms with Gasteiger partial charge in [0.15, 0.2) is 5.52 Å². The van der Waals surface area contributed by atoms with E-state index in [1.807, 2.05) is 26.0 Å². The molecule has 0 aromatic heterocycles. The van der Waals surface area contributed by atoms with Crippen molar-refractivity contribution in [2.24, 2.45) is 0 Å². The van der Waals surface area contributed by atoms with E-state index in [2.05, 4.69) is 12.1 Å². The number of ether oxygens (including phenoxy) is 2. The molecule has 2 aromatic rings. The molecule has 0 aliphatic rings. The summed E-state index contributed by atoms with van der Waals surface area (Å²) in [6.07, 6.45) is 0. The number of methoxy groups -OCH3 is 2. The standard InChI is InChI=1S/C17H19O3P.Li.H/c1-11-8-9-12(2)15(10-11)21-17(18)16-13(19-3)6-5-7-14(16)20-4;;/h5-10,21H,1-4H3;;/q;+1;-1. The molecule has 0 aliphatic carbocycles. The average molecular weight is 310 g/mol. The fourth-order valence-corrected chi connectivity index (χ4v) is 3.33. The van der Waals surface area contributed by atoms with Crippen LogP contribution in [0.15, 0.2) is 36.4 Å². The number of hydrogen-bond donors (Lipinski definition) is 0. The van der Waals surface area contributed by atoms with Gasteiger partial charge in [0, 0.05) is 0 Å². The minimum absolute atomic E-state index is 0. The van der Waals surface area contributed by atoms with E-state index >= 15 is 0 Å². The van der Waals surface area contributed by atoms with Crippen LogP contribution in [0.2, 0.25) is 0 Å². The molecule has 2 aromatic carbocycles. The molecule has 0 fully saturated rings. The molecule has 0 bridgehead atoms. The van der Waals surface area contributed by atoms with Gasteiger partial charge in [-0.2, -0.15) is 0 Å². The molecule has 0 amide bonds. The number of hydrogen-bond acceptors (Lipinski definition) is 3. The molecule has 0 saturated carbocycles. The van der Waals surface area contributed by atoms with E-state index in [4.69, 9.17) is 9.47 Å². The summed E-state index contributed by atoms with van der Waals surface area (Å²) in [5.41, 5.74) is 2.82. The Hall–Kier alpha value is -1.26. The Morgan fingerprint density at radius 2 is 1.64 bits per heavy atom. The van der Waals surface area contributed by atoms with E-state index in [1.165, 1.54) is 0 Å². The average Bonchev–Trinajstić information content (AvgIpc) is 2.49. The minimum atomic E-state index is 0. The van der Waals surface area contributed by atoms with Gasteiger partial charge in [0.25, 0.3) is 0 Å². The molecule has 5 heteroatoms. The molecule has 0 radical (unpaired) electrons. The first-order valence-electron chi connectivity index (χ1n) is 6.66. The summed E-state index contributed by atoms with van der Waals surface area (Å²) in [7, 11) is 3.18. The monoisotopic (exact) mass is 310 g/mol. The third kappa shape index (κ3) is 4.14. The number of carbonyl (C=O) groups is 1. The topological polar surface area (TPSA) is 35.5 Å². The SMILES string of the molecule is COc1cccc(OC)c1C(=O)Pc1cc(C)ccc1C.[H-].[Li+]. The quantitative estimate of drug-likeness (QED) is 0.599. The zero-order valence-electron chi connectivity index (χ0n) is 14.7. The zero-order valence-corrected chi connectivity index (χ0v) is 14.7. The largest absolute Gasteiger partial charge is 1.00 e. The molecule has 1 unspecified atom stereocenters. The summed E-state index contributed by atoms with van der Waals surface area (Å²) in [4.78, 5) is 12.7. The van der Waals surface area contributed by atoms with Gasteiger partial charge in [0.2, 0.25) is 0 Å².